The maximum Gasteiger partial charge on any atom is 0.197 e. The van der Waals surface area contributed by atoms with Crippen molar-refractivity contribution in [2.75, 3.05) is 26.2 Å². The molecule has 1 aromatic carbocycles. The van der Waals surface area contributed by atoms with Crippen LogP contribution in [0.15, 0.2) is 56.6 Å². The molecule has 3 heterocycles. The molecule has 0 spiro atoms. The van der Waals surface area contributed by atoms with Crippen LogP contribution in [-0.4, -0.2) is 47.2 Å². The van der Waals surface area contributed by atoms with Gasteiger partial charge in [-0.15, -0.1) is 0 Å². The van der Waals surface area contributed by atoms with Crippen LogP contribution in [0.2, 0.25) is 0 Å². The molecule has 0 saturated carbocycles. The lowest BCUT2D eigenvalue weighted by Crippen LogP contribution is -2.52. The van der Waals surface area contributed by atoms with Crippen LogP contribution in [0.1, 0.15) is 17.5 Å². The van der Waals surface area contributed by atoms with Crippen LogP contribution in [0.5, 0.6) is 0 Å². The zero-order valence-corrected chi connectivity index (χ0v) is 16.0. The predicted molar refractivity (Wildman–Crippen MR) is 108 cm³/mol. The number of benzene rings is 1. The fourth-order valence-corrected chi connectivity index (χ4v) is 4.48. The highest BCUT2D eigenvalue weighted by Crippen LogP contribution is 2.19. The Bertz CT molecular complexity index is 938. The first-order valence-electron chi connectivity index (χ1n) is 9.32. The molecule has 0 amide bonds. The van der Waals surface area contributed by atoms with Crippen LogP contribution in [0.4, 0.5) is 0 Å². The van der Waals surface area contributed by atoms with Gasteiger partial charge < -0.3 is 9.52 Å². The Hall–Kier alpha value is -1.99. The van der Waals surface area contributed by atoms with E-state index in [0.29, 0.717) is 23.1 Å². The third-order valence-electron chi connectivity index (χ3n) is 5.26. The average molecular weight is 385 g/mol. The summed E-state index contributed by atoms with van der Waals surface area (Å²) < 4.78 is 5.65. The van der Waals surface area contributed by atoms with Crippen LogP contribution in [0.3, 0.4) is 0 Å². The number of piperazine rings is 1. The summed E-state index contributed by atoms with van der Waals surface area (Å²) in [5, 5.41) is 14.4. The number of aliphatic hydroxyl groups excluding tert-OH is 1. The van der Waals surface area contributed by atoms with Crippen LogP contribution < -0.4 is 5.43 Å². The Morgan fingerprint density at radius 1 is 1.19 bits per heavy atom. The molecule has 4 rings (SSSR count). The summed E-state index contributed by atoms with van der Waals surface area (Å²) in [6, 6.07) is 9.82. The monoisotopic (exact) mass is 384 g/mol. The minimum Gasteiger partial charge on any atom is -0.464 e. The molecule has 1 fully saturated rings. The highest BCUT2D eigenvalue weighted by molar-refractivity contribution is 7.07. The molecule has 0 aliphatic carbocycles. The quantitative estimate of drug-likeness (QED) is 0.708. The van der Waals surface area contributed by atoms with Crippen molar-refractivity contribution in [3.63, 3.8) is 0 Å². The number of thiophene rings is 1. The number of para-hydroxylation sites is 1. The van der Waals surface area contributed by atoms with E-state index in [0.717, 1.165) is 32.6 Å². The Kier molecular flexibility index (Phi) is 5.69. The van der Waals surface area contributed by atoms with Gasteiger partial charge in [0.15, 0.2) is 5.43 Å². The van der Waals surface area contributed by atoms with Gasteiger partial charge in [0.1, 0.15) is 5.58 Å². The second-order valence-corrected chi connectivity index (χ2v) is 7.87. The highest BCUT2D eigenvalue weighted by Gasteiger charge is 2.27. The molecule has 0 unspecified atom stereocenters. The summed E-state index contributed by atoms with van der Waals surface area (Å²) in [4.78, 5) is 17.5. The third-order valence-corrected chi connectivity index (χ3v) is 5.99. The lowest BCUT2D eigenvalue weighted by molar-refractivity contribution is 0.0497. The summed E-state index contributed by atoms with van der Waals surface area (Å²) in [7, 11) is 0. The van der Waals surface area contributed by atoms with E-state index in [1.165, 1.54) is 5.56 Å². The normalized spacial score (nSPS) is 18.9. The van der Waals surface area contributed by atoms with Crippen molar-refractivity contribution >= 4 is 22.3 Å². The van der Waals surface area contributed by atoms with E-state index in [1.54, 1.807) is 17.6 Å². The molecule has 1 saturated heterocycles. The topological polar surface area (TPSA) is 56.9 Å². The summed E-state index contributed by atoms with van der Waals surface area (Å²) in [5.74, 6) is 0. The Morgan fingerprint density at radius 3 is 2.89 bits per heavy atom. The molecule has 1 atom stereocenters. The zero-order chi connectivity index (χ0) is 18.6. The summed E-state index contributed by atoms with van der Waals surface area (Å²) in [5.41, 5.74) is 2.70. The molecule has 6 heteroatoms. The number of hydrogen-bond acceptors (Lipinski definition) is 6. The van der Waals surface area contributed by atoms with E-state index in [2.05, 4.69) is 26.6 Å². The van der Waals surface area contributed by atoms with Gasteiger partial charge in [-0.1, -0.05) is 12.1 Å². The molecule has 27 heavy (non-hydrogen) atoms. The van der Waals surface area contributed by atoms with Crippen molar-refractivity contribution in [2.45, 2.75) is 25.6 Å². The van der Waals surface area contributed by atoms with Gasteiger partial charge in [0, 0.05) is 50.9 Å². The predicted octanol–water partition coefficient (Wildman–Crippen LogP) is 2.92. The molecule has 1 aliphatic rings. The largest absolute Gasteiger partial charge is 0.464 e. The van der Waals surface area contributed by atoms with E-state index in [1.807, 2.05) is 24.3 Å². The van der Waals surface area contributed by atoms with Gasteiger partial charge in [-0.25, -0.2) is 0 Å². The highest BCUT2D eigenvalue weighted by atomic mass is 32.1. The minimum atomic E-state index is 0.0521. The number of rotatable bonds is 6. The van der Waals surface area contributed by atoms with E-state index in [4.69, 9.17) is 4.42 Å². The molecule has 1 aliphatic heterocycles. The van der Waals surface area contributed by atoms with Crippen molar-refractivity contribution in [2.24, 2.45) is 0 Å². The minimum absolute atomic E-state index is 0.0521. The molecular weight excluding hydrogens is 360 g/mol. The number of aliphatic hydroxyl groups is 1. The van der Waals surface area contributed by atoms with Gasteiger partial charge in [0.05, 0.1) is 11.6 Å². The SMILES string of the molecule is O=c1c(CN2CCN(Cc3ccsc3)[C@H](CCO)C2)coc2ccccc12. The first-order valence-corrected chi connectivity index (χ1v) is 10.3. The van der Waals surface area contributed by atoms with Crippen LogP contribution in [-0.2, 0) is 13.1 Å². The standard InChI is InChI=1S/C21H24N2O3S/c24-9-5-18-13-22(7-8-23(18)11-16-6-10-27-15-16)12-17-14-26-20-4-2-1-3-19(20)21(17)25/h1-4,6,10,14-15,18,24H,5,7-9,11-13H2/t18-/m1/s1. The average Bonchev–Trinajstić information content (AvgIpc) is 3.20. The molecule has 0 radical (unpaired) electrons. The zero-order valence-electron chi connectivity index (χ0n) is 15.2. The number of hydrogen-bond donors (Lipinski definition) is 1. The molecule has 0 bridgehead atoms. The van der Waals surface area contributed by atoms with Crippen LogP contribution in [0, 0.1) is 0 Å². The first kappa shape index (κ1) is 18.4. The number of nitrogens with zero attached hydrogens (tertiary/aromatic N) is 2. The molecular formula is C21H24N2O3S. The smallest absolute Gasteiger partial charge is 0.197 e. The Labute approximate surface area is 162 Å². The Balaban J connectivity index is 1.47. The fraction of sp³-hybridized carbons (Fsp3) is 0.381. The van der Waals surface area contributed by atoms with E-state index < -0.39 is 0 Å². The van der Waals surface area contributed by atoms with Crippen LogP contribution >= 0.6 is 11.3 Å². The molecule has 2 aromatic heterocycles. The molecule has 3 aromatic rings. The van der Waals surface area contributed by atoms with Gasteiger partial charge >= 0.3 is 0 Å². The fourth-order valence-electron chi connectivity index (χ4n) is 3.82. The maximum absolute atomic E-state index is 12.7. The molecule has 142 valence electrons. The summed E-state index contributed by atoms with van der Waals surface area (Å²) in [6.45, 7) is 4.35. The van der Waals surface area contributed by atoms with Crippen molar-refractivity contribution < 1.29 is 9.52 Å². The number of fused-ring (bicyclic) bond motifs is 1. The third kappa shape index (κ3) is 4.14. The van der Waals surface area contributed by atoms with E-state index in [9.17, 15) is 9.90 Å². The summed E-state index contributed by atoms with van der Waals surface area (Å²) >= 11 is 1.72. The van der Waals surface area contributed by atoms with E-state index >= 15 is 0 Å². The lowest BCUT2D eigenvalue weighted by Gasteiger charge is -2.41. The first-order chi connectivity index (χ1) is 13.2. The lowest BCUT2D eigenvalue weighted by atomic mass is 10.1. The Morgan fingerprint density at radius 2 is 2.07 bits per heavy atom. The van der Waals surface area contributed by atoms with Crippen molar-refractivity contribution in [3.05, 3.63) is 68.7 Å². The van der Waals surface area contributed by atoms with Gasteiger partial charge in [-0.05, 0) is 40.9 Å². The second kappa shape index (κ2) is 8.35. The molecule has 5 nitrogen and oxygen atoms in total. The van der Waals surface area contributed by atoms with Crippen molar-refractivity contribution in [3.8, 4) is 0 Å². The second-order valence-electron chi connectivity index (χ2n) is 7.09. The van der Waals surface area contributed by atoms with E-state index in [-0.39, 0.29) is 18.1 Å². The van der Waals surface area contributed by atoms with Gasteiger partial charge in [0.25, 0.3) is 0 Å². The van der Waals surface area contributed by atoms with Crippen LogP contribution in [0.25, 0.3) is 11.0 Å². The van der Waals surface area contributed by atoms with Crippen molar-refractivity contribution in [1.82, 2.24) is 9.80 Å². The van der Waals surface area contributed by atoms with Gasteiger partial charge in [-0.2, -0.15) is 11.3 Å². The maximum atomic E-state index is 12.7. The molecule has 1 N–H and O–H groups in total. The van der Waals surface area contributed by atoms with Gasteiger partial charge in [0.2, 0.25) is 0 Å². The van der Waals surface area contributed by atoms with Crippen molar-refractivity contribution in [1.29, 1.82) is 0 Å². The van der Waals surface area contributed by atoms with Gasteiger partial charge in [-0.3, -0.25) is 14.6 Å². The summed E-state index contributed by atoms with van der Waals surface area (Å²) in [6.07, 6.45) is 2.34.